The van der Waals surface area contributed by atoms with Gasteiger partial charge in [-0.05, 0) is 49.7 Å². The standard InChI is InChI=1S/C27H20N2O4S/c1-14-4-7-16(8-5-14)23-22-24(30)18-12-15(2)6-11-20(18)33-25(22)26(31)29(23)27-28-19-10-9-17(32-3)13-21(19)34-27/h4-13,23H,1-3H3/t23-/m0/s1. The second-order valence-electron chi connectivity index (χ2n) is 8.49. The van der Waals surface area contributed by atoms with Crippen molar-refractivity contribution in [1.82, 2.24) is 4.98 Å². The molecule has 0 unspecified atom stereocenters. The molecule has 0 saturated heterocycles. The van der Waals surface area contributed by atoms with Crippen LogP contribution in [0.3, 0.4) is 0 Å². The summed E-state index contributed by atoms with van der Waals surface area (Å²) < 4.78 is 12.3. The predicted molar refractivity (Wildman–Crippen MR) is 133 cm³/mol. The first-order chi connectivity index (χ1) is 16.4. The van der Waals surface area contributed by atoms with Crippen LogP contribution in [0.25, 0.3) is 21.2 Å². The van der Waals surface area contributed by atoms with E-state index in [1.807, 2.05) is 68.4 Å². The smallest absolute Gasteiger partial charge is 0.297 e. The van der Waals surface area contributed by atoms with Gasteiger partial charge in [0, 0.05) is 0 Å². The number of methoxy groups -OCH3 is 1. The Labute approximate surface area is 199 Å². The number of aromatic nitrogens is 1. The third-order valence-electron chi connectivity index (χ3n) is 6.21. The number of benzene rings is 3. The van der Waals surface area contributed by atoms with Crippen LogP contribution in [0.5, 0.6) is 5.75 Å². The van der Waals surface area contributed by atoms with Crippen LogP contribution in [0.1, 0.15) is 38.9 Å². The Bertz CT molecular complexity index is 1670. The zero-order chi connectivity index (χ0) is 23.6. The van der Waals surface area contributed by atoms with Crippen LogP contribution in [0.4, 0.5) is 5.13 Å². The third kappa shape index (κ3) is 3.04. The van der Waals surface area contributed by atoms with Crippen molar-refractivity contribution in [2.45, 2.75) is 19.9 Å². The van der Waals surface area contributed by atoms with Crippen molar-refractivity contribution in [2.75, 3.05) is 12.0 Å². The van der Waals surface area contributed by atoms with Crippen molar-refractivity contribution in [3.05, 3.63) is 98.9 Å². The summed E-state index contributed by atoms with van der Waals surface area (Å²) in [5.74, 6) is 0.419. The number of hydrogen-bond donors (Lipinski definition) is 0. The van der Waals surface area contributed by atoms with E-state index in [1.165, 1.54) is 11.3 Å². The molecule has 34 heavy (non-hydrogen) atoms. The van der Waals surface area contributed by atoms with Crippen LogP contribution in [0.2, 0.25) is 0 Å². The lowest BCUT2D eigenvalue weighted by molar-refractivity contribution is 0.0971. The normalized spacial score (nSPS) is 15.3. The molecule has 5 aromatic rings. The minimum atomic E-state index is -0.633. The van der Waals surface area contributed by atoms with E-state index in [0.717, 1.165) is 26.9 Å². The van der Waals surface area contributed by atoms with Crippen LogP contribution >= 0.6 is 11.3 Å². The van der Waals surface area contributed by atoms with Crippen LogP contribution in [0.15, 0.2) is 69.9 Å². The minimum Gasteiger partial charge on any atom is -0.497 e. The summed E-state index contributed by atoms with van der Waals surface area (Å²) in [7, 11) is 1.61. The van der Waals surface area contributed by atoms with Gasteiger partial charge in [-0.15, -0.1) is 0 Å². The van der Waals surface area contributed by atoms with Gasteiger partial charge in [0.2, 0.25) is 5.76 Å². The summed E-state index contributed by atoms with van der Waals surface area (Å²) in [4.78, 5) is 33.8. The average Bonchev–Trinajstić information content (AvgIpc) is 3.38. The van der Waals surface area contributed by atoms with Crippen molar-refractivity contribution >= 4 is 43.6 Å². The molecule has 0 fully saturated rings. The van der Waals surface area contributed by atoms with E-state index < -0.39 is 6.04 Å². The Kier molecular flexibility index (Phi) is 4.57. The first kappa shape index (κ1) is 20.6. The predicted octanol–water partition coefficient (Wildman–Crippen LogP) is 5.78. The largest absolute Gasteiger partial charge is 0.497 e. The summed E-state index contributed by atoms with van der Waals surface area (Å²) in [6, 6.07) is 18.2. The quantitative estimate of drug-likeness (QED) is 0.336. The van der Waals surface area contributed by atoms with Gasteiger partial charge in [0.25, 0.3) is 5.91 Å². The van der Waals surface area contributed by atoms with E-state index in [9.17, 15) is 9.59 Å². The molecule has 1 aliphatic heterocycles. The van der Waals surface area contributed by atoms with E-state index in [-0.39, 0.29) is 17.1 Å². The van der Waals surface area contributed by atoms with E-state index >= 15 is 0 Å². The van der Waals surface area contributed by atoms with Gasteiger partial charge >= 0.3 is 0 Å². The molecule has 7 heteroatoms. The molecule has 6 rings (SSSR count). The SMILES string of the molecule is COc1ccc2nc(N3C(=O)c4oc5ccc(C)cc5c(=O)c4[C@@H]3c3ccc(C)cc3)sc2c1. The molecule has 1 aliphatic rings. The number of aryl methyl sites for hydroxylation is 2. The summed E-state index contributed by atoms with van der Waals surface area (Å²) >= 11 is 1.38. The average molecular weight is 469 g/mol. The lowest BCUT2D eigenvalue weighted by Crippen LogP contribution is -2.29. The highest BCUT2D eigenvalue weighted by atomic mass is 32.1. The lowest BCUT2D eigenvalue weighted by atomic mass is 9.97. The first-order valence-electron chi connectivity index (χ1n) is 10.9. The zero-order valence-corrected chi connectivity index (χ0v) is 19.6. The van der Waals surface area contributed by atoms with Gasteiger partial charge in [0.15, 0.2) is 10.6 Å². The maximum Gasteiger partial charge on any atom is 0.297 e. The fourth-order valence-corrected chi connectivity index (χ4v) is 5.49. The molecule has 0 bridgehead atoms. The monoisotopic (exact) mass is 468 g/mol. The molecule has 1 atom stereocenters. The van der Waals surface area contributed by atoms with E-state index in [4.69, 9.17) is 14.1 Å². The number of nitrogens with zero attached hydrogens (tertiary/aromatic N) is 2. The minimum absolute atomic E-state index is 0.0729. The molecule has 168 valence electrons. The summed E-state index contributed by atoms with van der Waals surface area (Å²) in [5.41, 5.74) is 4.19. The molecular formula is C27H20N2O4S. The van der Waals surface area contributed by atoms with Crippen LogP contribution < -0.4 is 15.1 Å². The summed E-state index contributed by atoms with van der Waals surface area (Å²) in [6.07, 6.45) is 0. The summed E-state index contributed by atoms with van der Waals surface area (Å²) in [6.45, 7) is 3.93. The number of anilines is 1. The molecule has 3 aromatic carbocycles. The number of rotatable bonds is 3. The van der Waals surface area contributed by atoms with E-state index in [2.05, 4.69) is 0 Å². The Morgan fingerprint density at radius 3 is 2.50 bits per heavy atom. The summed E-state index contributed by atoms with van der Waals surface area (Å²) in [5, 5.41) is 0.976. The molecule has 0 aliphatic carbocycles. The second-order valence-corrected chi connectivity index (χ2v) is 9.50. The molecule has 6 nitrogen and oxygen atoms in total. The number of ether oxygens (including phenoxy) is 1. The Balaban J connectivity index is 1.62. The topological polar surface area (TPSA) is 72.6 Å². The van der Waals surface area contributed by atoms with Crippen molar-refractivity contribution in [1.29, 1.82) is 0 Å². The van der Waals surface area contributed by atoms with Crippen LogP contribution in [-0.4, -0.2) is 18.0 Å². The second kappa shape index (κ2) is 7.53. The molecule has 2 aromatic heterocycles. The zero-order valence-electron chi connectivity index (χ0n) is 18.8. The van der Waals surface area contributed by atoms with Crippen molar-refractivity contribution in [3.63, 3.8) is 0 Å². The van der Waals surface area contributed by atoms with Gasteiger partial charge < -0.3 is 9.15 Å². The van der Waals surface area contributed by atoms with Crippen LogP contribution in [-0.2, 0) is 0 Å². The van der Waals surface area contributed by atoms with Gasteiger partial charge in [-0.3, -0.25) is 14.5 Å². The molecule has 0 radical (unpaired) electrons. The van der Waals surface area contributed by atoms with E-state index in [0.29, 0.717) is 27.4 Å². The maximum absolute atomic E-state index is 13.7. The Morgan fingerprint density at radius 2 is 1.74 bits per heavy atom. The molecule has 1 amide bonds. The number of thiazole rings is 1. The van der Waals surface area contributed by atoms with Crippen molar-refractivity contribution in [2.24, 2.45) is 0 Å². The molecule has 0 saturated carbocycles. The molecular weight excluding hydrogens is 448 g/mol. The number of carbonyl (C=O) groups excluding carboxylic acids is 1. The Hall–Kier alpha value is -3.97. The van der Waals surface area contributed by atoms with Gasteiger partial charge in [-0.2, -0.15) is 0 Å². The molecule has 3 heterocycles. The third-order valence-corrected chi connectivity index (χ3v) is 7.23. The number of fused-ring (bicyclic) bond motifs is 3. The fourth-order valence-electron chi connectivity index (χ4n) is 4.47. The lowest BCUT2D eigenvalue weighted by Gasteiger charge is -2.22. The van der Waals surface area contributed by atoms with Gasteiger partial charge in [-0.25, -0.2) is 4.98 Å². The highest BCUT2D eigenvalue weighted by molar-refractivity contribution is 7.22. The van der Waals surface area contributed by atoms with Crippen molar-refractivity contribution < 1.29 is 13.9 Å². The van der Waals surface area contributed by atoms with Crippen molar-refractivity contribution in [3.8, 4) is 5.75 Å². The van der Waals surface area contributed by atoms with E-state index in [1.54, 1.807) is 18.1 Å². The number of hydrogen-bond acceptors (Lipinski definition) is 6. The highest BCUT2D eigenvalue weighted by Gasteiger charge is 2.45. The maximum atomic E-state index is 13.7. The van der Waals surface area contributed by atoms with Gasteiger partial charge in [-0.1, -0.05) is 52.8 Å². The highest BCUT2D eigenvalue weighted by Crippen LogP contribution is 2.44. The van der Waals surface area contributed by atoms with Gasteiger partial charge in [0.05, 0.1) is 34.3 Å². The fraction of sp³-hybridized carbons (Fsp3) is 0.148. The first-order valence-corrected chi connectivity index (χ1v) is 11.7. The molecule has 0 spiro atoms. The number of carbonyl (C=O) groups is 1. The van der Waals surface area contributed by atoms with Gasteiger partial charge in [0.1, 0.15) is 11.3 Å². The Morgan fingerprint density at radius 1 is 0.971 bits per heavy atom. The van der Waals surface area contributed by atoms with Crippen LogP contribution in [0, 0.1) is 13.8 Å². The number of amides is 1. The molecule has 0 N–H and O–H groups in total.